The molecule has 2 heterocycles. The van der Waals surface area contributed by atoms with Gasteiger partial charge in [-0.3, -0.25) is 9.78 Å². The van der Waals surface area contributed by atoms with E-state index in [-0.39, 0.29) is 23.3 Å². The van der Waals surface area contributed by atoms with Crippen molar-refractivity contribution in [3.8, 4) is 0 Å². The van der Waals surface area contributed by atoms with E-state index in [2.05, 4.69) is 20.6 Å². The van der Waals surface area contributed by atoms with Crippen LogP contribution >= 0.6 is 0 Å². The first kappa shape index (κ1) is 24.4. The number of carbonyl (C=O) groups is 1. The van der Waals surface area contributed by atoms with Gasteiger partial charge in [0.15, 0.2) is 0 Å². The number of anilines is 1. The zero-order chi connectivity index (χ0) is 22.2. The molecule has 0 aliphatic heterocycles. The van der Waals surface area contributed by atoms with Gasteiger partial charge in [0.05, 0.1) is 6.04 Å². The van der Waals surface area contributed by atoms with Crippen molar-refractivity contribution in [2.75, 3.05) is 11.9 Å². The summed E-state index contributed by atoms with van der Waals surface area (Å²) in [6.45, 7) is 8.31. The summed E-state index contributed by atoms with van der Waals surface area (Å²) in [5.41, 5.74) is 7.27. The molecule has 0 spiro atoms. The highest BCUT2D eigenvalue weighted by Gasteiger charge is 2.26. The molecule has 0 bridgehead atoms. The molecule has 29 heavy (non-hydrogen) atoms. The predicted molar refractivity (Wildman–Crippen MR) is 108 cm³/mol. The van der Waals surface area contributed by atoms with Crippen molar-refractivity contribution in [3.63, 3.8) is 0 Å². The van der Waals surface area contributed by atoms with Gasteiger partial charge >= 0.3 is 6.18 Å². The molecule has 6 nitrogen and oxygen atoms in total. The van der Waals surface area contributed by atoms with E-state index in [1.807, 2.05) is 20.8 Å². The van der Waals surface area contributed by atoms with E-state index in [0.29, 0.717) is 11.1 Å². The molecule has 4 N–H and O–H groups in total. The summed E-state index contributed by atoms with van der Waals surface area (Å²) >= 11 is 0. The van der Waals surface area contributed by atoms with Crippen LogP contribution in [0.3, 0.4) is 0 Å². The van der Waals surface area contributed by atoms with Crippen molar-refractivity contribution in [2.24, 2.45) is 5.73 Å². The molecule has 9 heteroatoms. The van der Waals surface area contributed by atoms with Crippen LogP contribution in [0, 0.1) is 6.92 Å². The fourth-order valence-corrected chi connectivity index (χ4v) is 2.01. The Balaban J connectivity index is 0.000000749. The smallest absolute Gasteiger partial charge is 0.361 e. The number of hydrogen-bond acceptors (Lipinski definition) is 5. The average Bonchev–Trinajstić information content (AvgIpc) is 2.58. The molecule has 0 aromatic carbocycles. The molecule has 0 fully saturated rings. The second-order valence-corrected chi connectivity index (χ2v) is 7.69. The Kier molecular flexibility index (Phi) is 8.57. The van der Waals surface area contributed by atoms with Crippen LogP contribution in [-0.2, 0) is 0 Å². The molecular weight excluding hydrogens is 383 g/mol. The summed E-state index contributed by atoms with van der Waals surface area (Å²) in [4.78, 5) is 20.1. The molecule has 0 saturated carbocycles. The molecule has 0 radical (unpaired) electrons. The Morgan fingerprint density at radius 2 is 1.79 bits per heavy atom. The molecule has 1 unspecified atom stereocenters. The van der Waals surface area contributed by atoms with Crippen LogP contribution in [0.4, 0.5) is 19.0 Å². The number of rotatable bonds is 5. The number of carbonyl (C=O) groups excluding carboxylic acids is 1. The van der Waals surface area contributed by atoms with E-state index in [9.17, 15) is 18.0 Å². The van der Waals surface area contributed by atoms with Crippen molar-refractivity contribution < 1.29 is 18.0 Å². The Labute approximate surface area is 169 Å². The Hall–Kier alpha value is -2.68. The summed E-state index contributed by atoms with van der Waals surface area (Å²) < 4.78 is 36.4. The van der Waals surface area contributed by atoms with Crippen molar-refractivity contribution in [3.05, 3.63) is 53.5 Å². The van der Waals surface area contributed by atoms with E-state index in [4.69, 9.17) is 5.73 Å². The number of alkyl halides is 3. The fraction of sp³-hybridized carbons (Fsp3) is 0.450. The monoisotopic (exact) mass is 411 g/mol. The third-order valence-electron chi connectivity index (χ3n) is 3.26. The number of pyridine rings is 2. The molecule has 1 atom stereocenters. The number of amides is 1. The molecule has 1 amide bonds. The Bertz CT molecular complexity index is 780. The molecule has 0 saturated heterocycles. The summed E-state index contributed by atoms with van der Waals surface area (Å²) in [6, 6.07) is 6.01. The Morgan fingerprint density at radius 1 is 1.17 bits per heavy atom. The fourth-order valence-electron chi connectivity index (χ4n) is 2.01. The largest absolute Gasteiger partial charge is 0.405 e. The third-order valence-corrected chi connectivity index (χ3v) is 3.26. The first-order valence-electron chi connectivity index (χ1n) is 9.03. The quantitative estimate of drug-likeness (QED) is 0.692. The number of nitrogens with one attached hydrogen (secondary N) is 2. The van der Waals surface area contributed by atoms with E-state index >= 15 is 0 Å². The summed E-state index contributed by atoms with van der Waals surface area (Å²) in [7, 11) is 0. The number of nitrogens with zero attached hydrogens (tertiary/aromatic N) is 2. The normalized spacial score (nSPS) is 12.4. The standard InChI is InChI=1S/C16H17F3N4O.C4H11N/c1-10-7-12(5-6-20-10)15(24)23-11(2)13-3-4-14(21-8-13)22-9-16(17,18)19;1-4(2,3)5/h3-8,11H,9H2,1-2H3,(H,21,22)(H,23,24);5H2,1-3H3. The van der Waals surface area contributed by atoms with Crippen molar-refractivity contribution in [1.82, 2.24) is 15.3 Å². The van der Waals surface area contributed by atoms with E-state index in [0.717, 1.165) is 5.69 Å². The lowest BCUT2D eigenvalue weighted by molar-refractivity contribution is -0.115. The molecular formula is C20H28F3N5O. The van der Waals surface area contributed by atoms with Gasteiger partial charge in [0, 0.05) is 29.2 Å². The SMILES string of the molecule is CC(C)(C)N.Cc1cc(C(=O)NC(C)c2ccc(NCC(F)(F)F)nc2)ccn1. The maximum absolute atomic E-state index is 12.2. The highest BCUT2D eigenvalue weighted by Crippen LogP contribution is 2.17. The topological polar surface area (TPSA) is 92.9 Å². The summed E-state index contributed by atoms with van der Waals surface area (Å²) in [5, 5.41) is 5.00. The second kappa shape index (κ2) is 10.2. The maximum Gasteiger partial charge on any atom is 0.405 e. The van der Waals surface area contributed by atoms with Gasteiger partial charge in [0.1, 0.15) is 12.4 Å². The number of halogens is 3. The number of aromatic nitrogens is 2. The predicted octanol–water partition coefficient (Wildman–Crippen LogP) is 3.99. The number of hydrogen-bond donors (Lipinski definition) is 3. The molecule has 2 aromatic rings. The first-order chi connectivity index (χ1) is 13.2. The lowest BCUT2D eigenvalue weighted by Gasteiger charge is -2.15. The zero-order valence-corrected chi connectivity index (χ0v) is 17.3. The van der Waals surface area contributed by atoms with Crippen molar-refractivity contribution in [1.29, 1.82) is 0 Å². The van der Waals surface area contributed by atoms with Gasteiger partial charge in [-0.2, -0.15) is 13.2 Å². The van der Waals surface area contributed by atoms with Crippen LogP contribution in [0.2, 0.25) is 0 Å². The van der Waals surface area contributed by atoms with Crippen molar-refractivity contribution in [2.45, 2.75) is 52.4 Å². The van der Waals surface area contributed by atoms with Gasteiger partial charge in [0.2, 0.25) is 0 Å². The van der Waals surface area contributed by atoms with Gasteiger partial charge in [-0.1, -0.05) is 6.07 Å². The highest BCUT2D eigenvalue weighted by atomic mass is 19.4. The van der Waals surface area contributed by atoms with Crippen LogP contribution in [0.5, 0.6) is 0 Å². The van der Waals surface area contributed by atoms with Gasteiger partial charge in [-0.05, 0) is 58.4 Å². The van der Waals surface area contributed by atoms with Crippen LogP contribution < -0.4 is 16.4 Å². The van der Waals surface area contributed by atoms with Crippen LogP contribution in [0.1, 0.15) is 55.4 Å². The van der Waals surface area contributed by atoms with Crippen LogP contribution in [-0.4, -0.2) is 34.1 Å². The molecule has 2 rings (SSSR count). The first-order valence-corrected chi connectivity index (χ1v) is 9.03. The lowest BCUT2D eigenvalue weighted by Crippen LogP contribution is -2.27. The second-order valence-electron chi connectivity index (χ2n) is 7.69. The molecule has 2 aromatic heterocycles. The average molecular weight is 411 g/mol. The zero-order valence-electron chi connectivity index (χ0n) is 17.3. The van der Waals surface area contributed by atoms with E-state index < -0.39 is 12.7 Å². The van der Waals surface area contributed by atoms with Crippen LogP contribution in [0.15, 0.2) is 36.7 Å². The van der Waals surface area contributed by atoms with Crippen LogP contribution in [0.25, 0.3) is 0 Å². The lowest BCUT2D eigenvalue weighted by atomic mass is 10.1. The third kappa shape index (κ3) is 11.0. The van der Waals surface area contributed by atoms with Gasteiger partial charge in [-0.25, -0.2) is 4.98 Å². The number of nitrogens with two attached hydrogens (primary N) is 1. The van der Waals surface area contributed by atoms with Gasteiger partial charge in [0.25, 0.3) is 5.91 Å². The molecule has 0 aliphatic carbocycles. The minimum atomic E-state index is -4.30. The number of aryl methyl sites for hydroxylation is 1. The minimum Gasteiger partial charge on any atom is -0.361 e. The maximum atomic E-state index is 12.2. The summed E-state index contributed by atoms with van der Waals surface area (Å²) in [5.74, 6) is -0.133. The van der Waals surface area contributed by atoms with E-state index in [1.165, 1.54) is 12.3 Å². The van der Waals surface area contributed by atoms with E-state index in [1.54, 1.807) is 38.2 Å². The van der Waals surface area contributed by atoms with Crippen molar-refractivity contribution >= 4 is 11.7 Å². The Morgan fingerprint density at radius 3 is 2.28 bits per heavy atom. The molecule has 0 aliphatic rings. The summed E-state index contributed by atoms with van der Waals surface area (Å²) in [6.07, 6.45) is -1.32. The highest BCUT2D eigenvalue weighted by molar-refractivity contribution is 5.94. The molecule has 160 valence electrons. The minimum absolute atomic E-state index is 0. The van der Waals surface area contributed by atoms with Gasteiger partial charge in [-0.15, -0.1) is 0 Å². The van der Waals surface area contributed by atoms with Gasteiger partial charge < -0.3 is 16.4 Å².